The first kappa shape index (κ1) is 21.2. The number of halogens is 1. The Hall–Kier alpha value is -2.13. The first-order valence-electron chi connectivity index (χ1n) is 8.24. The predicted molar refractivity (Wildman–Crippen MR) is 109 cm³/mol. The second-order valence-corrected chi connectivity index (χ2v) is 7.90. The van der Waals surface area contributed by atoms with Crippen molar-refractivity contribution in [3.05, 3.63) is 64.1 Å². The van der Waals surface area contributed by atoms with Crippen LogP contribution in [0.25, 0.3) is 11.0 Å². The minimum Gasteiger partial charge on any atom is -0.312 e. The van der Waals surface area contributed by atoms with Gasteiger partial charge in [-0.2, -0.15) is 0 Å². The number of hydrogen-bond donors (Lipinski definition) is 2. The summed E-state index contributed by atoms with van der Waals surface area (Å²) >= 11 is 0. The van der Waals surface area contributed by atoms with E-state index in [9.17, 15) is 13.2 Å². The number of sulfonamides is 1. The average molecular weight is 411 g/mol. The maximum Gasteiger partial charge on any atom is 0.328 e. The van der Waals surface area contributed by atoms with E-state index < -0.39 is 10.0 Å². The minimum absolute atomic E-state index is 0. The molecule has 27 heavy (non-hydrogen) atoms. The molecule has 2 aromatic carbocycles. The van der Waals surface area contributed by atoms with E-state index in [-0.39, 0.29) is 23.0 Å². The van der Waals surface area contributed by atoms with Crippen LogP contribution in [-0.4, -0.2) is 24.1 Å². The molecule has 0 aliphatic rings. The van der Waals surface area contributed by atoms with Gasteiger partial charge in [-0.3, -0.25) is 9.13 Å². The number of aryl methyl sites for hydroxylation is 2. The molecule has 0 unspecified atom stereocenters. The van der Waals surface area contributed by atoms with E-state index in [2.05, 4.69) is 5.32 Å². The Kier molecular flexibility index (Phi) is 6.48. The van der Waals surface area contributed by atoms with Crippen LogP contribution in [-0.2, 0) is 37.1 Å². The third-order valence-corrected chi connectivity index (χ3v) is 5.44. The Morgan fingerprint density at radius 3 is 2.19 bits per heavy atom. The highest BCUT2D eigenvalue weighted by Gasteiger charge is 2.08. The van der Waals surface area contributed by atoms with E-state index >= 15 is 0 Å². The SMILES string of the molecule is Cl.Cn1c(=O)n(C)c2cc(CNCCc3ccc(S(N)(=O)=O)cc3)ccc21. The van der Waals surface area contributed by atoms with Crippen molar-refractivity contribution in [1.29, 1.82) is 0 Å². The fourth-order valence-electron chi connectivity index (χ4n) is 2.97. The zero-order valence-electron chi connectivity index (χ0n) is 15.2. The predicted octanol–water partition coefficient (Wildman–Crippen LogP) is 1.28. The van der Waals surface area contributed by atoms with Gasteiger partial charge in [0.2, 0.25) is 10.0 Å². The Labute approximate surface area is 164 Å². The van der Waals surface area contributed by atoms with Crippen molar-refractivity contribution in [3.63, 3.8) is 0 Å². The van der Waals surface area contributed by atoms with Crippen molar-refractivity contribution >= 4 is 33.5 Å². The lowest BCUT2D eigenvalue weighted by Crippen LogP contribution is -2.19. The van der Waals surface area contributed by atoms with Gasteiger partial charge in [-0.15, -0.1) is 12.4 Å². The molecule has 7 nitrogen and oxygen atoms in total. The summed E-state index contributed by atoms with van der Waals surface area (Å²) in [5, 5.41) is 8.45. The van der Waals surface area contributed by atoms with Crippen molar-refractivity contribution < 1.29 is 8.42 Å². The maximum atomic E-state index is 12.0. The molecule has 3 aromatic rings. The Morgan fingerprint density at radius 1 is 0.963 bits per heavy atom. The van der Waals surface area contributed by atoms with Crippen LogP contribution < -0.4 is 16.1 Å². The molecule has 0 aliphatic heterocycles. The van der Waals surface area contributed by atoms with Gasteiger partial charge in [-0.05, 0) is 48.4 Å². The van der Waals surface area contributed by atoms with E-state index in [1.54, 1.807) is 35.4 Å². The zero-order chi connectivity index (χ0) is 18.9. The summed E-state index contributed by atoms with van der Waals surface area (Å²) in [5.74, 6) is 0. The molecular weight excluding hydrogens is 388 g/mol. The third-order valence-electron chi connectivity index (χ3n) is 4.51. The van der Waals surface area contributed by atoms with Crippen LogP contribution in [0.1, 0.15) is 11.1 Å². The van der Waals surface area contributed by atoms with Crippen LogP contribution in [0.5, 0.6) is 0 Å². The standard InChI is InChI=1S/C18H22N4O3S.ClH/c1-21-16-8-5-14(11-17(16)22(2)18(21)23)12-20-10-9-13-3-6-15(7-4-13)26(19,24)25;/h3-8,11,20H,9-10,12H2,1-2H3,(H2,19,24,25);1H. The van der Waals surface area contributed by atoms with E-state index in [0.29, 0.717) is 6.54 Å². The molecule has 1 aromatic heterocycles. The molecule has 3 N–H and O–H groups in total. The second kappa shape index (κ2) is 8.26. The van der Waals surface area contributed by atoms with E-state index in [0.717, 1.165) is 35.1 Å². The molecule has 146 valence electrons. The number of aromatic nitrogens is 2. The van der Waals surface area contributed by atoms with Gasteiger partial charge in [0.05, 0.1) is 15.9 Å². The molecule has 0 saturated heterocycles. The topological polar surface area (TPSA) is 99.1 Å². The molecule has 1 heterocycles. The fraction of sp³-hybridized carbons (Fsp3) is 0.278. The zero-order valence-corrected chi connectivity index (χ0v) is 16.8. The minimum atomic E-state index is -3.65. The molecule has 0 bridgehead atoms. The molecule has 0 spiro atoms. The molecule has 0 amide bonds. The van der Waals surface area contributed by atoms with Gasteiger partial charge in [-0.25, -0.2) is 18.4 Å². The largest absolute Gasteiger partial charge is 0.328 e. The van der Waals surface area contributed by atoms with E-state index in [1.165, 1.54) is 12.1 Å². The van der Waals surface area contributed by atoms with Gasteiger partial charge in [0.1, 0.15) is 0 Å². The lowest BCUT2D eigenvalue weighted by atomic mass is 10.1. The average Bonchev–Trinajstić information content (AvgIpc) is 2.83. The van der Waals surface area contributed by atoms with Crippen molar-refractivity contribution in [2.24, 2.45) is 19.2 Å². The van der Waals surface area contributed by atoms with Gasteiger partial charge in [0.25, 0.3) is 0 Å². The molecule has 9 heteroatoms. The molecule has 0 radical (unpaired) electrons. The number of imidazole rings is 1. The molecule has 3 rings (SSSR count). The monoisotopic (exact) mass is 410 g/mol. The number of benzene rings is 2. The van der Waals surface area contributed by atoms with Crippen LogP contribution in [0.3, 0.4) is 0 Å². The van der Waals surface area contributed by atoms with Crippen LogP contribution in [0.4, 0.5) is 0 Å². The van der Waals surface area contributed by atoms with Gasteiger partial charge < -0.3 is 5.32 Å². The molecule has 0 saturated carbocycles. The summed E-state index contributed by atoms with van der Waals surface area (Å²) in [6, 6.07) is 12.6. The van der Waals surface area contributed by atoms with Crippen LogP contribution in [0, 0.1) is 0 Å². The summed E-state index contributed by atoms with van der Waals surface area (Å²) < 4.78 is 25.8. The highest BCUT2D eigenvalue weighted by molar-refractivity contribution is 7.89. The maximum absolute atomic E-state index is 12.0. The number of primary sulfonamides is 1. The van der Waals surface area contributed by atoms with Crippen LogP contribution >= 0.6 is 12.4 Å². The molecular formula is C18H23ClN4O3S. The Balaban J connectivity index is 0.00000261. The number of fused-ring (bicyclic) bond motifs is 1. The summed E-state index contributed by atoms with van der Waals surface area (Å²) in [4.78, 5) is 12.1. The van der Waals surface area contributed by atoms with E-state index in [1.807, 2.05) is 18.2 Å². The lowest BCUT2D eigenvalue weighted by molar-refractivity contribution is 0.597. The van der Waals surface area contributed by atoms with Crippen LogP contribution in [0.2, 0.25) is 0 Å². The molecule has 0 fully saturated rings. The van der Waals surface area contributed by atoms with Gasteiger partial charge in [-0.1, -0.05) is 18.2 Å². The van der Waals surface area contributed by atoms with Crippen LogP contribution in [0.15, 0.2) is 52.2 Å². The van der Waals surface area contributed by atoms with E-state index in [4.69, 9.17) is 5.14 Å². The fourth-order valence-corrected chi connectivity index (χ4v) is 3.49. The number of hydrogen-bond acceptors (Lipinski definition) is 4. The Morgan fingerprint density at radius 2 is 1.56 bits per heavy atom. The Bertz CT molecular complexity index is 1100. The first-order chi connectivity index (χ1) is 12.3. The highest BCUT2D eigenvalue weighted by atomic mass is 35.5. The quantitative estimate of drug-likeness (QED) is 0.598. The van der Waals surface area contributed by atoms with Crippen molar-refractivity contribution in [1.82, 2.24) is 14.5 Å². The summed E-state index contributed by atoms with van der Waals surface area (Å²) in [7, 11) is -0.107. The smallest absolute Gasteiger partial charge is 0.312 e. The molecule has 0 atom stereocenters. The van der Waals surface area contributed by atoms with Crippen molar-refractivity contribution in [2.75, 3.05) is 6.54 Å². The lowest BCUT2D eigenvalue weighted by Gasteiger charge is -2.07. The van der Waals surface area contributed by atoms with Gasteiger partial charge >= 0.3 is 5.69 Å². The van der Waals surface area contributed by atoms with Crippen molar-refractivity contribution in [3.8, 4) is 0 Å². The van der Waals surface area contributed by atoms with Crippen molar-refractivity contribution in [2.45, 2.75) is 17.9 Å². The summed E-state index contributed by atoms with van der Waals surface area (Å²) in [6.07, 6.45) is 0.775. The third kappa shape index (κ3) is 4.59. The highest BCUT2D eigenvalue weighted by Crippen LogP contribution is 2.14. The van der Waals surface area contributed by atoms with Gasteiger partial charge in [0.15, 0.2) is 0 Å². The number of nitrogens with zero attached hydrogens (tertiary/aromatic N) is 2. The molecule has 0 aliphatic carbocycles. The van der Waals surface area contributed by atoms with Gasteiger partial charge in [0, 0.05) is 20.6 Å². The second-order valence-electron chi connectivity index (χ2n) is 6.34. The summed E-state index contributed by atoms with van der Waals surface area (Å²) in [6.45, 7) is 1.44. The summed E-state index contributed by atoms with van der Waals surface area (Å²) in [5.41, 5.74) is 3.92. The number of rotatable bonds is 6. The first-order valence-corrected chi connectivity index (χ1v) is 9.79. The normalized spacial score (nSPS) is 11.5. The number of nitrogens with two attached hydrogens (primary N) is 1. The number of nitrogens with one attached hydrogen (secondary N) is 1.